The zero-order chi connectivity index (χ0) is 15.1. The van der Waals surface area contributed by atoms with Crippen molar-refractivity contribution >= 4 is 10.8 Å². The van der Waals surface area contributed by atoms with Crippen LogP contribution in [0.3, 0.4) is 0 Å². The Hall–Kier alpha value is -2.15. The van der Waals surface area contributed by atoms with Gasteiger partial charge in [-0.25, -0.2) is 0 Å². The lowest BCUT2D eigenvalue weighted by atomic mass is 9.91. The van der Waals surface area contributed by atoms with E-state index >= 15 is 0 Å². The Morgan fingerprint density at radius 2 is 1.48 bits per heavy atom. The number of benzene rings is 2. The molecule has 0 aliphatic heterocycles. The first-order chi connectivity index (χ1) is 10.0. The van der Waals surface area contributed by atoms with Crippen LogP contribution in [-0.4, -0.2) is 4.98 Å². The van der Waals surface area contributed by atoms with E-state index in [4.69, 9.17) is 4.98 Å². The van der Waals surface area contributed by atoms with Gasteiger partial charge in [0.25, 0.3) is 0 Å². The third-order valence-corrected chi connectivity index (χ3v) is 4.79. The highest BCUT2D eigenvalue weighted by atomic mass is 14.7. The lowest BCUT2D eigenvalue weighted by Gasteiger charge is -2.16. The van der Waals surface area contributed by atoms with E-state index in [1.54, 1.807) is 0 Å². The molecule has 0 radical (unpaired) electrons. The van der Waals surface area contributed by atoms with Crippen molar-refractivity contribution in [2.45, 2.75) is 34.6 Å². The van der Waals surface area contributed by atoms with Crippen LogP contribution in [0.4, 0.5) is 0 Å². The Balaban J connectivity index is 2.34. The summed E-state index contributed by atoms with van der Waals surface area (Å²) < 4.78 is 0. The summed E-state index contributed by atoms with van der Waals surface area (Å²) in [4.78, 5) is 4.75. The Kier molecular flexibility index (Phi) is 3.29. The van der Waals surface area contributed by atoms with Crippen LogP contribution in [0.5, 0.6) is 0 Å². The third-order valence-electron chi connectivity index (χ3n) is 4.79. The molecule has 0 atom stereocenters. The van der Waals surface area contributed by atoms with Gasteiger partial charge in [0.1, 0.15) is 0 Å². The lowest BCUT2D eigenvalue weighted by Crippen LogP contribution is -1.98. The monoisotopic (exact) mass is 275 g/mol. The molecule has 0 saturated carbocycles. The highest BCUT2D eigenvalue weighted by Crippen LogP contribution is 2.33. The summed E-state index contributed by atoms with van der Waals surface area (Å²) in [6.07, 6.45) is 1.99. The normalized spacial score (nSPS) is 11.1. The smallest absolute Gasteiger partial charge is 0.0740 e. The lowest BCUT2D eigenvalue weighted by molar-refractivity contribution is 1.20. The molecule has 1 aromatic heterocycles. The molecule has 0 fully saturated rings. The molecule has 0 aliphatic rings. The zero-order valence-electron chi connectivity index (χ0n) is 13.4. The van der Waals surface area contributed by atoms with Crippen molar-refractivity contribution in [3.63, 3.8) is 0 Å². The van der Waals surface area contributed by atoms with Crippen molar-refractivity contribution < 1.29 is 0 Å². The van der Waals surface area contributed by atoms with Crippen molar-refractivity contribution in [2.75, 3.05) is 0 Å². The van der Waals surface area contributed by atoms with Gasteiger partial charge >= 0.3 is 0 Å². The van der Waals surface area contributed by atoms with Crippen LogP contribution in [-0.2, 0) is 0 Å². The first kappa shape index (κ1) is 13.8. The molecule has 0 saturated heterocycles. The number of aryl methyl sites for hydroxylation is 2. The second kappa shape index (κ2) is 5.00. The minimum absolute atomic E-state index is 1.11. The van der Waals surface area contributed by atoms with Gasteiger partial charge in [-0.15, -0.1) is 0 Å². The molecule has 1 heteroatoms. The first-order valence-electron chi connectivity index (χ1n) is 7.43. The van der Waals surface area contributed by atoms with Gasteiger partial charge in [-0.3, -0.25) is 4.98 Å². The van der Waals surface area contributed by atoms with Gasteiger partial charge in [0.05, 0.1) is 5.69 Å². The first-order valence-corrected chi connectivity index (χ1v) is 7.43. The average Bonchev–Trinajstić information content (AvgIpc) is 2.50. The van der Waals surface area contributed by atoms with E-state index in [0.29, 0.717) is 0 Å². The average molecular weight is 275 g/mol. The number of pyridine rings is 1. The summed E-state index contributed by atoms with van der Waals surface area (Å²) in [5, 5.41) is 2.50. The van der Waals surface area contributed by atoms with E-state index in [1.165, 1.54) is 44.2 Å². The van der Waals surface area contributed by atoms with Crippen molar-refractivity contribution in [3.05, 3.63) is 64.3 Å². The molecular weight excluding hydrogens is 254 g/mol. The zero-order valence-corrected chi connectivity index (χ0v) is 13.4. The van der Waals surface area contributed by atoms with Crippen LogP contribution in [0, 0.1) is 34.6 Å². The van der Waals surface area contributed by atoms with Gasteiger partial charge in [-0.2, -0.15) is 0 Å². The second-order valence-corrected chi connectivity index (χ2v) is 5.94. The van der Waals surface area contributed by atoms with Gasteiger partial charge in [0.15, 0.2) is 0 Å². The number of hydrogen-bond donors (Lipinski definition) is 0. The Morgan fingerprint density at radius 3 is 2.24 bits per heavy atom. The molecule has 106 valence electrons. The van der Waals surface area contributed by atoms with Crippen molar-refractivity contribution in [1.82, 2.24) is 4.98 Å². The summed E-state index contributed by atoms with van der Waals surface area (Å²) >= 11 is 0. The Labute approximate surface area is 126 Å². The molecule has 2 aromatic carbocycles. The summed E-state index contributed by atoms with van der Waals surface area (Å²) in [6.45, 7) is 11.0. The van der Waals surface area contributed by atoms with Gasteiger partial charge in [-0.1, -0.05) is 24.3 Å². The van der Waals surface area contributed by atoms with E-state index in [1.807, 2.05) is 6.20 Å². The fourth-order valence-electron chi connectivity index (χ4n) is 3.04. The molecular formula is C20H21N. The summed E-state index contributed by atoms with van der Waals surface area (Å²) in [6, 6.07) is 10.7. The van der Waals surface area contributed by atoms with Gasteiger partial charge in [0.2, 0.25) is 0 Å². The number of aromatic nitrogens is 1. The topological polar surface area (TPSA) is 12.9 Å². The molecule has 21 heavy (non-hydrogen) atoms. The quantitative estimate of drug-likeness (QED) is 0.576. The van der Waals surface area contributed by atoms with E-state index in [2.05, 4.69) is 65.0 Å². The molecule has 0 bridgehead atoms. The van der Waals surface area contributed by atoms with Gasteiger partial charge in [-0.05, 0) is 73.9 Å². The standard InChI is InChI=1S/C20H21N/c1-12-10-19(15(4)14(3)13(12)2)20-16(5)18-9-7-6-8-17(18)11-21-20/h6-11H,1-5H3. The largest absolute Gasteiger partial charge is 0.255 e. The second-order valence-electron chi connectivity index (χ2n) is 5.94. The van der Waals surface area contributed by atoms with Crippen LogP contribution >= 0.6 is 0 Å². The molecule has 0 aliphatic carbocycles. The van der Waals surface area contributed by atoms with Crippen LogP contribution in [0.25, 0.3) is 22.0 Å². The molecule has 1 heterocycles. The maximum atomic E-state index is 4.75. The van der Waals surface area contributed by atoms with Crippen LogP contribution < -0.4 is 0 Å². The minimum atomic E-state index is 1.11. The molecule has 0 unspecified atom stereocenters. The van der Waals surface area contributed by atoms with E-state index in [9.17, 15) is 0 Å². The summed E-state index contributed by atoms with van der Waals surface area (Å²) in [7, 11) is 0. The Morgan fingerprint density at radius 1 is 0.762 bits per heavy atom. The third kappa shape index (κ3) is 2.13. The maximum absolute atomic E-state index is 4.75. The highest BCUT2D eigenvalue weighted by molar-refractivity contribution is 5.90. The fourth-order valence-corrected chi connectivity index (χ4v) is 3.04. The number of nitrogens with zero attached hydrogens (tertiary/aromatic N) is 1. The van der Waals surface area contributed by atoms with Crippen molar-refractivity contribution in [1.29, 1.82) is 0 Å². The molecule has 0 spiro atoms. The van der Waals surface area contributed by atoms with Crippen LogP contribution in [0.15, 0.2) is 36.5 Å². The van der Waals surface area contributed by atoms with Crippen LogP contribution in [0.1, 0.15) is 27.8 Å². The van der Waals surface area contributed by atoms with Gasteiger partial charge in [0, 0.05) is 17.1 Å². The van der Waals surface area contributed by atoms with Crippen LogP contribution in [0.2, 0.25) is 0 Å². The highest BCUT2D eigenvalue weighted by Gasteiger charge is 2.13. The number of rotatable bonds is 1. The summed E-state index contributed by atoms with van der Waals surface area (Å²) in [5.41, 5.74) is 9.07. The SMILES string of the molecule is Cc1cc(-c2ncc3ccccc3c2C)c(C)c(C)c1C. The molecule has 1 nitrogen and oxygen atoms in total. The van der Waals surface area contributed by atoms with Gasteiger partial charge < -0.3 is 0 Å². The number of hydrogen-bond acceptors (Lipinski definition) is 1. The fraction of sp³-hybridized carbons (Fsp3) is 0.250. The van der Waals surface area contributed by atoms with E-state index < -0.39 is 0 Å². The summed E-state index contributed by atoms with van der Waals surface area (Å²) in [5.74, 6) is 0. The van der Waals surface area contributed by atoms with Crippen molar-refractivity contribution in [3.8, 4) is 11.3 Å². The molecule has 0 amide bonds. The Bertz CT molecular complexity index is 844. The molecule has 3 rings (SSSR count). The predicted octanol–water partition coefficient (Wildman–Crippen LogP) is 5.44. The maximum Gasteiger partial charge on any atom is 0.0740 e. The van der Waals surface area contributed by atoms with Crippen molar-refractivity contribution in [2.24, 2.45) is 0 Å². The van der Waals surface area contributed by atoms with E-state index in [-0.39, 0.29) is 0 Å². The number of fused-ring (bicyclic) bond motifs is 1. The minimum Gasteiger partial charge on any atom is -0.255 e. The van der Waals surface area contributed by atoms with E-state index in [0.717, 1.165) is 5.69 Å². The predicted molar refractivity (Wildman–Crippen MR) is 90.9 cm³/mol. The molecule has 0 N–H and O–H groups in total. The molecule has 3 aromatic rings.